The van der Waals surface area contributed by atoms with E-state index in [1.54, 1.807) is 24.3 Å². The number of amides is 1. The number of carboxylic acids is 1. The Morgan fingerprint density at radius 3 is 2.78 bits per heavy atom. The number of aromatic amines is 1. The summed E-state index contributed by atoms with van der Waals surface area (Å²) in [6.07, 6.45) is 1.94. The quantitative estimate of drug-likeness (QED) is 0.578. The Kier molecular flexibility index (Phi) is 4.98. The second kappa shape index (κ2) is 7.36. The standard InChI is InChI=1S/C19H17FN4O3/c1-3-14-23-16(15-13(19(26)27)9-21-17(15)24-14)11-5-4-6-12(7-11)22-18(25)10(2)8-20/h4-7,9H,2-3,8H2,1H3,(H,22,25)(H,26,27)(H,21,23,24). The van der Waals surface area contributed by atoms with E-state index in [9.17, 15) is 19.1 Å². The van der Waals surface area contributed by atoms with Crippen LogP contribution >= 0.6 is 0 Å². The van der Waals surface area contributed by atoms with Crippen LogP contribution < -0.4 is 5.32 Å². The lowest BCUT2D eigenvalue weighted by atomic mass is 10.1. The van der Waals surface area contributed by atoms with E-state index in [-0.39, 0.29) is 11.1 Å². The summed E-state index contributed by atoms with van der Waals surface area (Å²) < 4.78 is 12.6. The zero-order valence-electron chi connectivity index (χ0n) is 14.5. The van der Waals surface area contributed by atoms with Gasteiger partial charge in [0.25, 0.3) is 5.91 Å². The summed E-state index contributed by atoms with van der Waals surface area (Å²) in [4.78, 5) is 35.1. The fourth-order valence-electron chi connectivity index (χ4n) is 2.64. The summed E-state index contributed by atoms with van der Waals surface area (Å²) in [5.41, 5.74) is 1.76. The SMILES string of the molecule is C=C(CF)C(=O)Nc1cccc(-c2nc(CC)nc3[nH]cc(C(=O)O)c23)c1. The molecule has 138 valence electrons. The molecule has 3 aromatic rings. The number of rotatable bonds is 6. The molecule has 0 aliphatic rings. The third kappa shape index (κ3) is 3.55. The van der Waals surface area contributed by atoms with Crippen LogP contribution in [0.3, 0.4) is 0 Å². The topological polar surface area (TPSA) is 108 Å². The number of nitrogens with one attached hydrogen (secondary N) is 2. The first-order valence-electron chi connectivity index (χ1n) is 8.21. The van der Waals surface area contributed by atoms with Crippen molar-refractivity contribution in [1.82, 2.24) is 15.0 Å². The number of benzene rings is 1. The molecule has 0 saturated carbocycles. The smallest absolute Gasteiger partial charge is 0.338 e. The Hall–Kier alpha value is -3.55. The maximum atomic E-state index is 12.6. The number of aryl methyl sites for hydroxylation is 1. The zero-order valence-corrected chi connectivity index (χ0v) is 14.5. The van der Waals surface area contributed by atoms with Crippen molar-refractivity contribution in [3.63, 3.8) is 0 Å². The van der Waals surface area contributed by atoms with Gasteiger partial charge in [-0.1, -0.05) is 25.6 Å². The molecule has 7 nitrogen and oxygen atoms in total. The first-order chi connectivity index (χ1) is 12.9. The highest BCUT2D eigenvalue weighted by molar-refractivity contribution is 6.08. The van der Waals surface area contributed by atoms with Gasteiger partial charge < -0.3 is 15.4 Å². The maximum absolute atomic E-state index is 12.6. The monoisotopic (exact) mass is 368 g/mol. The van der Waals surface area contributed by atoms with Crippen LogP contribution in [0.5, 0.6) is 0 Å². The minimum Gasteiger partial charge on any atom is -0.478 e. The summed E-state index contributed by atoms with van der Waals surface area (Å²) in [5.74, 6) is -1.17. The number of carboxylic acid groups (broad SMARTS) is 1. The lowest BCUT2D eigenvalue weighted by molar-refractivity contribution is -0.113. The predicted molar refractivity (Wildman–Crippen MR) is 99.4 cm³/mol. The first kappa shape index (κ1) is 18.2. The molecule has 8 heteroatoms. The predicted octanol–water partition coefficient (Wildman–Crippen LogP) is 3.35. The van der Waals surface area contributed by atoms with Gasteiger partial charge >= 0.3 is 5.97 Å². The number of anilines is 1. The molecular formula is C19H17FN4O3. The molecule has 3 N–H and O–H groups in total. The van der Waals surface area contributed by atoms with E-state index in [0.29, 0.717) is 40.2 Å². The molecule has 3 rings (SSSR count). The second-order valence-corrected chi connectivity index (χ2v) is 5.85. The molecule has 0 radical (unpaired) electrons. The highest BCUT2D eigenvalue weighted by Gasteiger charge is 2.19. The van der Waals surface area contributed by atoms with Crippen molar-refractivity contribution in [1.29, 1.82) is 0 Å². The Balaban J connectivity index is 2.13. The van der Waals surface area contributed by atoms with Gasteiger partial charge in [-0.15, -0.1) is 0 Å². The van der Waals surface area contributed by atoms with Gasteiger partial charge in [-0.25, -0.2) is 19.2 Å². The van der Waals surface area contributed by atoms with Crippen LogP contribution in [0.1, 0.15) is 23.1 Å². The number of hydrogen-bond donors (Lipinski definition) is 3. The Labute approximate surface area is 154 Å². The van der Waals surface area contributed by atoms with Crippen LogP contribution in [0.4, 0.5) is 10.1 Å². The van der Waals surface area contributed by atoms with Gasteiger partial charge in [0.15, 0.2) is 0 Å². The molecule has 0 fully saturated rings. The normalized spacial score (nSPS) is 10.7. The average Bonchev–Trinajstić information content (AvgIpc) is 3.10. The van der Waals surface area contributed by atoms with Crippen LogP contribution in [0.25, 0.3) is 22.3 Å². The van der Waals surface area contributed by atoms with E-state index >= 15 is 0 Å². The van der Waals surface area contributed by atoms with Crippen molar-refractivity contribution >= 4 is 28.6 Å². The Morgan fingerprint density at radius 1 is 1.33 bits per heavy atom. The number of carbonyl (C=O) groups is 2. The number of nitrogens with zero attached hydrogens (tertiary/aromatic N) is 2. The molecule has 0 spiro atoms. The van der Waals surface area contributed by atoms with Crippen LogP contribution in [-0.4, -0.2) is 38.6 Å². The summed E-state index contributed by atoms with van der Waals surface area (Å²) in [6, 6.07) is 6.72. The molecule has 2 heterocycles. The molecule has 2 aromatic heterocycles. The van der Waals surface area contributed by atoms with Crippen molar-refractivity contribution in [2.75, 3.05) is 12.0 Å². The van der Waals surface area contributed by atoms with Crippen molar-refractivity contribution in [2.45, 2.75) is 13.3 Å². The molecule has 1 aromatic carbocycles. The number of halogens is 1. The summed E-state index contributed by atoms with van der Waals surface area (Å²) in [5, 5.41) is 12.4. The van der Waals surface area contributed by atoms with E-state index in [2.05, 4.69) is 26.8 Å². The third-order valence-corrected chi connectivity index (χ3v) is 4.00. The summed E-state index contributed by atoms with van der Waals surface area (Å²) in [6.45, 7) is 4.31. The number of carbonyl (C=O) groups excluding carboxylic acids is 1. The lowest BCUT2D eigenvalue weighted by Crippen LogP contribution is -2.14. The number of fused-ring (bicyclic) bond motifs is 1. The largest absolute Gasteiger partial charge is 0.478 e. The van der Waals surface area contributed by atoms with Crippen LogP contribution in [0.15, 0.2) is 42.6 Å². The number of hydrogen-bond acceptors (Lipinski definition) is 4. The van der Waals surface area contributed by atoms with Crippen LogP contribution in [-0.2, 0) is 11.2 Å². The van der Waals surface area contributed by atoms with Gasteiger partial charge in [-0.2, -0.15) is 0 Å². The zero-order chi connectivity index (χ0) is 19.6. The first-order valence-corrected chi connectivity index (χ1v) is 8.21. The van der Waals surface area contributed by atoms with Crippen LogP contribution in [0, 0.1) is 0 Å². The fraction of sp³-hybridized carbons (Fsp3) is 0.158. The molecule has 0 aliphatic heterocycles. The summed E-state index contributed by atoms with van der Waals surface area (Å²) in [7, 11) is 0. The maximum Gasteiger partial charge on any atom is 0.338 e. The van der Waals surface area contributed by atoms with Gasteiger partial charge in [0.2, 0.25) is 0 Å². The Bertz CT molecular complexity index is 1060. The average molecular weight is 368 g/mol. The van der Waals surface area contributed by atoms with Crippen molar-refractivity contribution in [3.8, 4) is 11.3 Å². The molecule has 0 aliphatic carbocycles. The number of aromatic nitrogens is 3. The highest BCUT2D eigenvalue weighted by Crippen LogP contribution is 2.30. The number of alkyl halides is 1. The fourth-order valence-corrected chi connectivity index (χ4v) is 2.64. The molecular weight excluding hydrogens is 351 g/mol. The highest BCUT2D eigenvalue weighted by atomic mass is 19.1. The molecule has 0 atom stereocenters. The van der Waals surface area contributed by atoms with Gasteiger partial charge in [-0.3, -0.25) is 4.79 Å². The minimum absolute atomic E-state index is 0.0582. The van der Waals surface area contributed by atoms with Crippen molar-refractivity contribution in [3.05, 3.63) is 54.0 Å². The Morgan fingerprint density at radius 2 is 2.11 bits per heavy atom. The molecule has 1 amide bonds. The van der Waals surface area contributed by atoms with E-state index in [1.807, 2.05) is 6.92 Å². The van der Waals surface area contributed by atoms with Gasteiger partial charge in [0.05, 0.1) is 16.6 Å². The number of H-pyrrole nitrogens is 1. The van der Waals surface area contributed by atoms with E-state index in [1.165, 1.54) is 6.20 Å². The molecule has 0 unspecified atom stereocenters. The van der Waals surface area contributed by atoms with E-state index in [0.717, 1.165) is 0 Å². The minimum atomic E-state index is -1.10. The molecule has 27 heavy (non-hydrogen) atoms. The third-order valence-electron chi connectivity index (χ3n) is 4.00. The van der Waals surface area contributed by atoms with Gasteiger partial charge in [0.1, 0.15) is 18.1 Å². The summed E-state index contributed by atoms with van der Waals surface area (Å²) >= 11 is 0. The van der Waals surface area contributed by atoms with Gasteiger partial charge in [-0.05, 0) is 12.1 Å². The van der Waals surface area contributed by atoms with Crippen LogP contribution in [0.2, 0.25) is 0 Å². The van der Waals surface area contributed by atoms with E-state index < -0.39 is 18.6 Å². The number of aromatic carboxylic acids is 1. The molecule has 0 bridgehead atoms. The lowest BCUT2D eigenvalue weighted by Gasteiger charge is -2.10. The van der Waals surface area contributed by atoms with E-state index in [4.69, 9.17) is 0 Å². The van der Waals surface area contributed by atoms with Crippen molar-refractivity contribution in [2.24, 2.45) is 0 Å². The second-order valence-electron chi connectivity index (χ2n) is 5.85. The molecule has 0 saturated heterocycles. The van der Waals surface area contributed by atoms with Crippen molar-refractivity contribution < 1.29 is 19.1 Å². The van der Waals surface area contributed by atoms with Gasteiger partial charge in [0, 0.05) is 29.4 Å².